The summed E-state index contributed by atoms with van der Waals surface area (Å²) in [5.41, 5.74) is 2.34. The highest BCUT2D eigenvalue weighted by Gasteiger charge is 2.13. The van der Waals surface area contributed by atoms with Crippen molar-refractivity contribution < 1.29 is 13.9 Å². The summed E-state index contributed by atoms with van der Waals surface area (Å²) < 4.78 is 16.5. The van der Waals surface area contributed by atoms with Gasteiger partial charge in [0.15, 0.2) is 0 Å². The summed E-state index contributed by atoms with van der Waals surface area (Å²) in [5.74, 6) is 0.558. The summed E-state index contributed by atoms with van der Waals surface area (Å²) >= 11 is 0. The molecule has 0 saturated carbocycles. The maximum Gasteiger partial charge on any atom is 0.315 e. The van der Waals surface area contributed by atoms with Crippen molar-refractivity contribution in [2.24, 2.45) is 0 Å². The molecule has 0 amide bonds. The Morgan fingerprint density at radius 2 is 1.86 bits per heavy atom. The van der Waals surface area contributed by atoms with E-state index in [0.29, 0.717) is 31.2 Å². The summed E-state index contributed by atoms with van der Waals surface area (Å²) in [6, 6.07) is 8.80. The van der Waals surface area contributed by atoms with Gasteiger partial charge in [-0.05, 0) is 24.0 Å². The second-order valence-corrected chi connectivity index (χ2v) is 5.42. The molecule has 3 rings (SSSR count). The fourth-order valence-corrected chi connectivity index (χ4v) is 2.36. The van der Waals surface area contributed by atoms with E-state index >= 15 is 0 Å². The highest BCUT2D eigenvalue weighted by molar-refractivity contribution is 5.26. The Labute approximate surface area is 129 Å². The third-order valence-corrected chi connectivity index (χ3v) is 3.65. The van der Waals surface area contributed by atoms with Crippen LogP contribution in [0.3, 0.4) is 0 Å². The normalized spacial score (nSPS) is 15.9. The van der Waals surface area contributed by atoms with Crippen LogP contribution in [-0.2, 0) is 22.6 Å². The highest BCUT2D eigenvalue weighted by atomic mass is 16.5. The number of benzene rings is 1. The van der Waals surface area contributed by atoms with Crippen LogP contribution in [0, 0.1) is 6.92 Å². The molecule has 1 aliphatic heterocycles. The molecule has 0 atom stereocenters. The third-order valence-electron chi connectivity index (χ3n) is 3.65. The molecule has 0 radical (unpaired) electrons. The molecule has 22 heavy (non-hydrogen) atoms. The van der Waals surface area contributed by atoms with Crippen LogP contribution >= 0.6 is 0 Å². The first-order valence-corrected chi connectivity index (χ1v) is 7.61. The summed E-state index contributed by atoms with van der Waals surface area (Å²) in [6.45, 7) is 4.70. The van der Waals surface area contributed by atoms with Gasteiger partial charge in [-0.25, -0.2) is 0 Å². The first-order valence-electron chi connectivity index (χ1n) is 7.61. The van der Waals surface area contributed by atoms with Crippen molar-refractivity contribution >= 4 is 6.01 Å². The van der Waals surface area contributed by atoms with Crippen LogP contribution in [0.1, 0.15) is 29.9 Å². The van der Waals surface area contributed by atoms with Crippen molar-refractivity contribution in [3.63, 3.8) is 0 Å². The van der Waals surface area contributed by atoms with Gasteiger partial charge in [0.05, 0.1) is 12.7 Å². The summed E-state index contributed by atoms with van der Waals surface area (Å²) in [7, 11) is 0. The number of nitrogens with zero attached hydrogens (tertiary/aromatic N) is 2. The van der Waals surface area contributed by atoms with Gasteiger partial charge in [-0.15, -0.1) is 5.10 Å². The van der Waals surface area contributed by atoms with Gasteiger partial charge in [0.2, 0.25) is 5.89 Å². The fraction of sp³-hybridized carbons (Fsp3) is 0.500. The number of nitrogens with one attached hydrogen (secondary N) is 1. The van der Waals surface area contributed by atoms with Crippen LogP contribution in [0.2, 0.25) is 0 Å². The lowest BCUT2D eigenvalue weighted by Gasteiger charge is -2.22. The predicted molar refractivity (Wildman–Crippen MR) is 81.4 cm³/mol. The van der Waals surface area contributed by atoms with E-state index in [0.717, 1.165) is 31.6 Å². The van der Waals surface area contributed by atoms with Crippen LogP contribution in [0.5, 0.6) is 0 Å². The van der Waals surface area contributed by atoms with E-state index in [1.165, 1.54) is 5.56 Å². The Balaban J connectivity index is 1.45. The number of aromatic nitrogens is 2. The highest BCUT2D eigenvalue weighted by Crippen LogP contribution is 2.14. The minimum Gasteiger partial charge on any atom is -0.408 e. The van der Waals surface area contributed by atoms with Crippen LogP contribution in [0.15, 0.2) is 28.7 Å². The number of anilines is 1. The topological polar surface area (TPSA) is 69.4 Å². The molecule has 1 saturated heterocycles. The third kappa shape index (κ3) is 4.29. The summed E-state index contributed by atoms with van der Waals surface area (Å²) in [4.78, 5) is 0. The largest absolute Gasteiger partial charge is 0.408 e. The monoisotopic (exact) mass is 303 g/mol. The van der Waals surface area contributed by atoms with Gasteiger partial charge >= 0.3 is 6.01 Å². The van der Waals surface area contributed by atoms with E-state index in [-0.39, 0.29) is 0 Å². The van der Waals surface area contributed by atoms with Crippen LogP contribution < -0.4 is 5.32 Å². The molecule has 1 aromatic heterocycles. The molecule has 1 aromatic carbocycles. The molecule has 1 fully saturated rings. The van der Waals surface area contributed by atoms with Crippen LogP contribution in [-0.4, -0.2) is 29.5 Å². The van der Waals surface area contributed by atoms with Crippen molar-refractivity contribution in [3.05, 3.63) is 41.3 Å². The summed E-state index contributed by atoms with van der Waals surface area (Å²) in [6.07, 6.45) is 2.31. The van der Waals surface area contributed by atoms with E-state index in [2.05, 4.69) is 39.8 Å². The fourth-order valence-electron chi connectivity index (χ4n) is 2.36. The average Bonchev–Trinajstić information content (AvgIpc) is 2.98. The Morgan fingerprint density at radius 3 is 2.55 bits per heavy atom. The molecule has 1 N–H and O–H groups in total. The molecule has 0 unspecified atom stereocenters. The van der Waals surface area contributed by atoms with E-state index < -0.39 is 0 Å². The number of aryl methyl sites for hydroxylation is 1. The van der Waals surface area contributed by atoms with E-state index in [1.807, 2.05) is 0 Å². The van der Waals surface area contributed by atoms with Gasteiger partial charge in [0.1, 0.15) is 0 Å². The molecule has 0 aliphatic carbocycles. The summed E-state index contributed by atoms with van der Waals surface area (Å²) in [5, 5.41) is 10.8. The van der Waals surface area contributed by atoms with Crippen LogP contribution in [0.4, 0.5) is 6.01 Å². The maximum atomic E-state index is 5.91. The Bertz CT molecular complexity index is 577. The molecule has 0 spiro atoms. The second kappa shape index (κ2) is 7.38. The minimum absolute atomic E-state index is 0.329. The van der Waals surface area contributed by atoms with Crippen molar-refractivity contribution in [1.82, 2.24) is 10.2 Å². The quantitative estimate of drug-likeness (QED) is 0.885. The average molecular weight is 303 g/mol. The lowest BCUT2D eigenvalue weighted by Crippen LogP contribution is -2.23. The van der Waals surface area contributed by atoms with Crippen molar-refractivity contribution in [1.29, 1.82) is 0 Å². The standard InChI is InChI=1S/C16H21N3O3/c1-12-18-19-16(22-12)17-10-13-2-4-14(5-3-13)11-21-15-6-8-20-9-7-15/h2-5,15H,6-11H2,1H3,(H,17,19). The Kier molecular flexibility index (Phi) is 5.03. The first-order chi connectivity index (χ1) is 10.8. The molecule has 2 heterocycles. The molecule has 0 bridgehead atoms. The van der Waals surface area contributed by atoms with E-state index in [1.54, 1.807) is 6.92 Å². The van der Waals surface area contributed by atoms with Gasteiger partial charge in [-0.3, -0.25) is 0 Å². The van der Waals surface area contributed by atoms with Crippen molar-refractivity contribution in [3.8, 4) is 0 Å². The SMILES string of the molecule is Cc1nnc(NCc2ccc(COC3CCOCC3)cc2)o1. The Morgan fingerprint density at radius 1 is 1.14 bits per heavy atom. The predicted octanol–water partition coefficient (Wildman–Crippen LogP) is 2.69. The Hall–Kier alpha value is -1.92. The zero-order valence-corrected chi connectivity index (χ0v) is 12.7. The minimum atomic E-state index is 0.329. The van der Waals surface area contributed by atoms with Crippen LogP contribution in [0.25, 0.3) is 0 Å². The van der Waals surface area contributed by atoms with E-state index in [9.17, 15) is 0 Å². The zero-order chi connectivity index (χ0) is 15.2. The number of rotatable bonds is 6. The molecule has 2 aromatic rings. The molecular weight excluding hydrogens is 282 g/mol. The molecular formula is C16H21N3O3. The number of hydrogen-bond donors (Lipinski definition) is 1. The first kappa shape index (κ1) is 15.0. The number of hydrogen-bond acceptors (Lipinski definition) is 6. The molecule has 6 heteroatoms. The molecule has 1 aliphatic rings. The lowest BCUT2D eigenvalue weighted by molar-refractivity contribution is -0.0390. The lowest BCUT2D eigenvalue weighted by atomic mass is 10.1. The van der Waals surface area contributed by atoms with Gasteiger partial charge in [-0.1, -0.05) is 29.4 Å². The molecule has 6 nitrogen and oxygen atoms in total. The van der Waals surface area contributed by atoms with Crippen molar-refractivity contribution in [2.75, 3.05) is 18.5 Å². The second-order valence-electron chi connectivity index (χ2n) is 5.42. The van der Waals surface area contributed by atoms with Gasteiger partial charge in [-0.2, -0.15) is 0 Å². The van der Waals surface area contributed by atoms with Gasteiger partial charge < -0.3 is 19.2 Å². The van der Waals surface area contributed by atoms with Crippen molar-refractivity contribution in [2.45, 2.75) is 39.0 Å². The smallest absolute Gasteiger partial charge is 0.315 e. The zero-order valence-electron chi connectivity index (χ0n) is 12.7. The van der Waals surface area contributed by atoms with E-state index in [4.69, 9.17) is 13.9 Å². The van der Waals surface area contributed by atoms with Gasteiger partial charge in [0, 0.05) is 26.7 Å². The number of ether oxygens (including phenoxy) is 2. The maximum absolute atomic E-state index is 5.91. The van der Waals surface area contributed by atoms with Gasteiger partial charge in [0.25, 0.3) is 0 Å². The molecule has 118 valence electrons.